The van der Waals surface area contributed by atoms with E-state index in [1.165, 1.54) is 0 Å². The third-order valence-corrected chi connectivity index (χ3v) is 4.85. The Balaban J connectivity index is 2.04. The number of ether oxygens (including phenoxy) is 1. The lowest BCUT2D eigenvalue weighted by atomic mass is 9.94. The first-order chi connectivity index (χ1) is 13.6. The van der Waals surface area contributed by atoms with Crippen molar-refractivity contribution in [2.24, 2.45) is 5.73 Å². The van der Waals surface area contributed by atoms with Crippen molar-refractivity contribution >= 4 is 22.6 Å². The summed E-state index contributed by atoms with van der Waals surface area (Å²) < 4.78 is 10.6. The fourth-order valence-electron chi connectivity index (χ4n) is 3.32. The SMILES string of the molecule is COc1ccc2c(C(C)C)c(C(=O)Nc3ccc(C(C)(C)N)cc3)c(=O)oc2c1. The van der Waals surface area contributed by atoms with Crippen LogP contribution in [0.3, 0.4) is 0 Å². The maximum Gasteiger partial charge on any atom is 0.349 e. The van der Waals surface area contributed by atoms with E-state index >= 15 is 0 Å². The van der Waals surface area contributed by atoms with Crippen LogP contribution in [0.1, 0.15) is 55.1 Å². The molecule has 0 aliphatic carbocycles. The molecule has 0 bridgehead atoms. The van der Waals surface area contributed by atoms with Gasteiger partial charge in [-0.3, -0.25) is 4.79 Å². The lowest BCUT2D eigenvalue weighted by Crippen LogP contribution is -2.28. The molecular weight excluding hydrogens is 368 g/mol. The third kappa shape index (κ3) is 4.17. The topological polar surface area (TPSA) is 94.6 Å². The molecule has 0 saturated carbocycles. The highest BCUT2D eigenvalue weighted by Crippen LogP contribution is 2.30. The van der Waals surface area contributed by atoms with Gasteiger partial charge in [-0.05, 0) is 55.2 Å². The van der Waals surface area contributed by atoms with Crippen LogP contribution in [0.25, 0.3) is 11.0 Å². The average Bonchev–Trinajstić information content (AvgIpc) is 2.65. The molecule has 2 aromatic carbocycles. The summed E-state index contributed by atoms with van der Waals surface area (Å²) in [4.78, 5) is 25.7. The summed E-state index contributed by atoms with van der Waals surface area (Å²) in [7, 11) is 1.54. The molecule has 0 radical (unpaired) electrons. The van der Waals surface area contributed by atoms with E-state index < -0.39 is 17.1 Å². The summed E-state index contributed by atoms with van der Waals surface area (Å²) in [5.74, 6) is 0.0200. The summed E-state index contributed by atoms with van der Waals surface area (Å²) in [6.45, 7) is 7.69. The second kappa shape index (κ2) is 7.72. The van der Waals surface area contributed by atoms with Crippen LogP contribution >= 0.6 is 0 Å². The number of amides is 1. The van der Waals surface area contributed by atoms with E-state index in [2.05, 4.69) is 5.32 Å². The van der Waals surface area contributed by atoms with Gasteiger partial charge in [-0.15, -0.1) is 0 Å². The highest BCUT2D eigenvalue weighted by Gasteiger charge is 2.23. The Bertz CT molecular complexity index is 1110. The van der Waals surface area contributed by atoms with Gasteiger partial charge < -0.3 is 20.2 Å². The molecule has 152 valence electrons. The number of benzene rings is 2. The monoisotopic (exact) mass is 394 g/mol. The van der Waals surface area contributed by atoms with E-state index in [0.29, 0.717) is 28.0 Å². The van der Waals surface area contributed by atoms with Crippen LogP contribution in [0.4, 0.5) is 5.69 Å². The molecule has 0 aliphatic rings. The molecule has 6 nitrogen and oxygen atoms in total. The number of carbonyl (C=O) groups excluding carboxylic acids is 1. The van der Waals surface area contributed by atoms with Gasteiger partial charge >= 0.3 is 5.63 Å². The minimum Gasteiger partial charge on any atom is -0.497 e. The highest BCUT2D eigenvalue weighted by molar-refractivity contribution is 6.07. The predicted molar refractivity (Wildman–Crippen MR) is 115 cm³/mol. The minimum absolute atomic E-state index is 0.0147. The molecule has 0 unspecified atom stereocenters. The van der Waals surface area contributed by atoms with Gasteiger partial charge in [0.05, 0.1) is 7.11 Å². The zero-order chi connectivity index (χ0) is 21.3. The number of methoxy groups -OCH3 is 1. The Morgan fingerprint density at radius 1 is 1.14 bits per heavy atom. The van der Waals surface area contributed by atoms with Crippen LogP contribution < -0.4 is 21.4 Å². The second-order valence-electron chi connectivity index (χ2n) is 7.95. The fourth-order valence-corrected chi connectivity index (χ4v) is 3.32. The molecule has 1 aromatic heterocycles. The van der Waals surface area contributed by atoms with Crippen LogP contribution in [0.2, 0.25) is 0 Å². The molecule has 1 amide bonds. The van der Waals surface area contributed by atoms with Gasteiger partial charge in [0, 0.05) is 22.7 Å². The minimum atomic E-state index is -0.674. The van der Waals surface area contributed by atoms with Crippen LogP contribution in [0.15, 0.2) is 51.7 Å². The quantitative estimate of drug-likeness (QED) is 0.627. The van der Waals surface area contributed by atoms with Gasteiger partial charge in [-0.25, -0.2) is 4.79 Å². The Hall–Kier alpha value is -3.12. The molecule has 0 aliphatic heterocycles. The molecule has 29 heavy (non-hydrogen) atoms. The van der Waals surface area contributed by atoms with Crippen LogP contribution in [0.5, 0.6) is 5.75 Å². The average molecular weight is 394 g/mol. The lowest BCUT2D eigenvalue weighted by molar-refractivity contribution is 0.102. The normalized spacial score (nSPS) is 11.7. The molecule has 0 atom stereocenters. The number of hydrogen-bond donors (Lipinski definition) is 2. The van der Waals surface area contributed by atoms with Gasteiger partial charge in [0.25, 0.3) is 5.91 Å². The second-order valence-corrected chi connectivity index (χ2v) is 7.95. The van der Waals surface area contributed by atoms with E-state index in [-0.39, 0.29) is 11.5 Å². The van der Waals surface area contributed by atoms with Gasteiger partial charge in [-0.2, -0.15) is 0 Å². The Morgan fingerprint density at radius 3 is 2.34 bits per heavy atom. The Labute approximate surface area is 169 Å². The molecule has 3 aromatic rings. The van der Waals surface area contributed by atoms with Crippen LogP contribution in [-0.4, -0.2) is 13.0 Å². The molecule has 0 spiro atoms. The number of hydrogen-bond acceptors (Lipinski definition) is 5. The Morgan fingerprint density at radius 2 is 1.79 bits per heavy atom. The predicted octanol–water partition coefficient (Wildman–Crippen LogP) is 4.37. The molecular formula is C23H26N2O4. The number of anilines is 1. The van der Waals surface area contributed by atoms with Crippen molar-refractivity contribution in [2.75, 3.05) is 12.4 Å². The van der Waals surface area contributed by atoms with Crippen LogP contribution in [-0.2, 0) is 5.54 Å². The van der Waals surface area contributed by atoms with E-state index in [1.807, 2.05) is 39.8 Å². The summed E-state index contributed by atoms with van der Waals surface area (Å²) in [6.07, 6.45) is 0. The number of nitrogens with one attached hydrogen (secondary N) is 1. The standard InChI is InChI=1S/C23H26N2O4/c1-13(2)19-17-11-10-16(28-5)12-18(17)29-22(27)20(19)21(26)25-15-8-6-14(7-9-15)23(3,4)24/h6-13H,24H2,1-5H3,(H,25,26). The third-order valence-electron chi connectivity index (χ3n) is 4.85. The maximum absolute atomic E-state index is 13.0. The zero-order valence-electron chi connectivity index (χ0n) is 17.3. The number of rotatable bonds is 5. The van der Waals surface area contributed by atoms with E-state index in [0.717, 1.165) is 5.56 Å². The van der Waals surface area contributed by atoms with Crippen molar-refractivity contribution in [1.82, 2.24) is 0 Å². The summed E-state index contributed by atoms with van der Waals surface area (Å²) >= 11 is 0. The molecule has 0 fully saturated rings. The molecule has 3 N–H and O–H groups in total. The fraction of sp³-hybridized carbons (Fsp3) is 0.304. The summed E-state index contributed by atoms with van der Waals surface area (Å²) in [5, 5.41) is 3.51. The number of fused-ring (bicyclic) bond motifs is 1. The van der Waals surface area contributed by atoms with E-state index in [1.54, 1.807) is 37.4 Å². The zero-order valence-corrected chi connectivity index (χ0v) is 17.3. The smallest absolute Gasteiger partial charge is 0.349 e. The van der Waals surface area contributed by atoms with Crippen molar-refractivity contribution in [3.05, 3.63) is 69.6 Å². The lowest BCUT2D eigenvalue weighted by Gasteiger charge is -2.19. The Kier molecular flexibility index (Phi) is 5.48. The number of nitrogens with two attached hydrogens (primary N) is 1. The molecule has 3 rings (SSSR count). The van der Waals surface area contributed by atoms with E-state index in [9.17, 15) is 9.59 Å². The van der Waals surface area contributed by atoms with Gasteiger partial charge in [0.15, 0.2) is 0 Å². The van der Waals surface area contributed by atoms with E-state index in [4.69, 9.17) is 14.9 Å². The largest absolute Gasteiger partial charge is 0.497 e. The van der Waals surface area contributed by atoms with Crippen molar-refractivity contribution in [2.45, 2.75) is 39.2 Å². The van der Waals surface area contributed by atoms with Gasteiger partial charge in [0.1, 0.15) is 16.9 Å². The van der Waals surface area contributed by atoms with Gasteiger partial charge in [0.2, 0.25) is 0 Å². The molecule has 6 heteroatoms. The number of carbonyl (C=O) groups is 1. The first-order valence-corrected chi connectivity index (χ1v) is 9.47. The van der Waals surface area contributed by atoms with Crippen LogP contribution in [0, 0.1) is 0 Å². The molecule has 1 heterocycles. The van der Waals surface area contributed by atoms with Crippen molar-refractivity contribution in [3.63, 3.8) is 0 Å². The summed E-state index contributed by atoms with van der Waals surface area (Å²) in [6, 6.07) is 12.5. The summed E-state index contributed by atoms with van der Waals surface area (Å²) in [5.41, 5.74) is 7.52. The van der Waals surface area contributed by atoms with Crippen molar-refractivity contribution in [3.8, 4) is 5.75 Å². The molecule has 0 saturated heterocycles. The van der Waals surface area contributed by atoms with Crippen molar-refractivity contribution in [1.29, 1.82) is 0 Å². The first kappa shape index (κ1) is 20.6. The van der Waals surface area contributed by atoms with Crippen molar-refractivity contribution < 1.29 is 13.9 Å². The first-order valence-electron chi connectivity index (χ1n) is 9.47. The highest BCUT2D eigenvalue weighted by atomic mass is 16.5. The van der Waals surface area contributed by atoms with Gasteiger partial charge in [-0.1, -0.05) is 26.0 Å². The maximum atomic E-state index is 13.0.